The van der Waals surface area contributed by atoms with Crippen LogP contribution in [0, 0.1) is 5.82 Å². The van der Waals surface area contributed by atoms with Gasteiger partial charge in [0.1, 0.15) is 4.90 Å². The first-order valence-corrected chi connectivity index (χ1v) is 7.78. The summed E-state index contributed by atoms with van der Waals surface area (Å²) in [6, 6.07) is 2.02. The van der Waals surface area contributed by atoms with Gasteiger partial charge in [-0.25, -0.2) is 21.6 Å². The molecule has 0 aliphatic heterocycles. The van der Waals surface area contributed by atoms with E-state index in [1.807, 2.05) is 0 Å². The van der Waals surface area contributed by atoms with E-state index in [-0.39, 0.29) is 0 Å². The number of benzene rings is 1. The molecular weight excluding hydrogens is 380 g/mol. The number of rotatable bonds is 5. The second kappa shape index (κ2) is 6.46. The molecule has 0 fully saturated rings. The standard InChI is InChI=1S/C12H9F6N3O3S/c1-21-5-6(10(19-21)11(14)15)20-25(22,23)8-4-2-3-7(9(8)13)24-12(16,17)18/h2-5,11,20H,1H3. The van der Waals surface area contributed by atoms with Crippen molar-refractivity contribution in [2.24, 2.45) is 7.05 Å². The van der Waals surface area contributed by atoms with E-state index >= 15 is 0 Å². The molecule has 1 heterocycles. The molecule has 0 saturated carbocycles. The number of aromatic nitrogens is 2. The third-order valence-corrected chi connectivity index (χ3v) is 4.13. The first-order chi connectivity index (χ1) is 11.4. The second-order valence-electron chi connectivity index (χ2n) is 4.62. The number of sulfonamides is 1. The lowest BCUT2D eigenvalue weighted by Crippen LogP contribution is -2.20. The molecule has 138 valence electrons. The number of halogens is 6. The van der Waals surface area contributed by atoms with Crippen molar-refractivity contribution in [2.75, 3.05) is 4.72 Å². The van der Waals surface area contributed by atoms with Gasteiger partial charge < -0.3 is 4.74 Å². The fourth-order valence-corrected chi connectivity index (χ4v) is 3.00. The van der Waals surface area contributed by atoms with E-state index in [2.05, 4.69) is 9.84 Å². The molecule has 0 aliphatic carbocycles. The van der Waals surface area contributed by atoms with Gasteiger partial charge in [0, 0.05) is 13.2 Å². The van der Waals surface area contributed by atoms with Gasteiger partial charge in [-0.15, -0.1) is 13.2 Å². The Hall–Kier alpha value is -2.44. The summed E-state index contributed by atoms with van der Waals surface area (Å²) in [5.41, 5.74) is -1.56. The van der Waals surface area contributed by atoms with E-state index in [4.69, 9.17) is 0 Å². The highest BCUT2D eigenvalue weighted by Crippen LogP contribution is 2.31. The molecule has 0 unspecified atom stereocenters. The van der Waals surface area contributed by atoms with Crippen molar-refractivity contribution in [3.05, 3.63) is 35.9 Å². The highest BCUT2D eigenvalue weighted by Gasteiger charge is 2.34. The van der Waals surface area contributed by atoms with Crippen molar-refractivity contribution in [1.29, 1.82) is 0 Å². The minimum absolute atomic E-state index is 0.566. The van der Waals surface area contributed by atoms with Crippen LogP contribution < -0.4 is 9.46 Å². The monoisotopic (exact) mass is 389 g/mol. The Bertz CT molecular complexity index is 879. The number of aryl methyl sites for hydroxylation is 1. The smallest absolute Gasteiger partial charge is 0.403 e. The van der Waals surface area contributed by atoms with Gasteiger partial charge in [0.2, 0.25) is 0 Å². The Kier molecular flexibility index (Phi) is 4.88. The molecule has 0 saturated heterocycles. The maximum Gasteiger partial charge on any atom is 0.573 e. The summed E-state index contributed by atoms with van der Waals surface area (Å²) in [6.07, 6.45) is -7.49. The summed E-state index contributed by atoms with van der Waals surface area (Å²) < 4.78 is 107. The molecule has 0 atom stereocenters. The van der Waals surface area contributed by atoms with Crippen LogP contribution in [-0.4, -0.2) is 24.6 Å². The highest BCUT2D eigenvalue weighted by molar-refractivity contribution is 7.92. The third-order valence-electron chi connectivity index (χ3n) is 2.75. The average Bonchev–Trinajstić information content (AvgIpc) is 2.79. The number of nitrogens with zero attached hydrogens (tertiary/aromatic N) is 2. The first-order valence-electron chi connectivity index (χ1n) is 6.29. The van der Waals surface area contributed by atoms with E-state index in [0.29, 0.717) is 12.1 Å². The quantitative estimate of drug-likeness (QED) is 0.798. The molecule has 1 aromatic carbocycles. The van der Waals surface area contributed by atoms with Crippen LogP contribution in [0.3, 0.4) is 0 Å². The number of anilines is 1. The van der Waals surface area contributed by atoms with E-state index in [9.17, 15) is 34.8 Å². The summed E-state index contributed by atoms with van der Waals surface area (Å²) in [6.45, 7) is 0. The summed E-state index contributed by atoms with van der Waals surface area (Å²) >= 11 is 0. The zero-order chi connectivity index (χ0) is 19.0. The number of hydrogen-bond donors (Lipinski definition) is 1. The molecule has 13 heteroatoms. The third kappa shape index (κ3) is 4.35. The van der Waals surface area contributed by atoms with Crippen molar-refractivity contribution in [3.63, 3.8) is 0 Å². The first kappa shape index (κ1) is 18.9. The summed E-state index contributed by atoms with van der Waals surface area (Å²) in [5.74, 6) is -3.20. The van der Waals surface area contributed by atoms with Crippen LogP contribution in [0.1, 0.15) is 12.1 Å². The predicted octanol–water partition coefficient (Wildman–Crippen LogP) is 3.20. The van der Waals surface area contributed by atoms with Gasteiger partial charge in [0.25, 0.3) is 16.4 Å². The van der Waals surface area contributed by atoms with Gasteiger partial charge in [0.05, 0.1) is 5.69 Å². The molecule has 1 N–H and O–H groups in total. The number of nitrogens with one attached hydrogen (secondary N) is 1. The minimum atomic E-state index is -5.25. The van der Waals surface area contributed by atoms with Crippen LogP contribution in [-0.2, 0) is 17.1 Å². The fourth-order valence-electron chi connectivity index (χ4n) is 1.85. The molecular formula is C12H9F6N3O3S. The minimum Gasteiger partial charge on any atom is -0.403 e. The van der Waals surface area contributed by atoms with E-state index in [0.717, 1.165) is 16.9 Å². The lowest BCUT2D eigenvalue weighted by Gasteiger charge is -2.13. The Morgan fingerprint density at radius 1 is 1.28 bits per heavy atom. The van der Waals surface area contributed by atoms with Crippen molar-refractivity contribution < 1.29 is 39.5 Å². The fraction of sp³-hybridized carbons (Fsp3) is 0.250. The van der Waals surface area contributed by atoms with E-state index < -0.39 is 50.7 Å². The molecule has 1 aromatic heterocycles. The van der Waals surface area contributed by atoms with Gasteiger partial charge in [-0.2, -0.15) is 5.10 Å². The topological polar surface area (TPSA) is 73.2 Å². The molecule has 0 spiro atoms. The van der Waals surface area contributed by atoms with Crippen molar-refractivity contribution in [3.8, 4) is 5.75 Å². The van der Waals surface area contributed by atoms with Crippen LogP contribution in [0.2, 0.25) is 0 Å². The molecule has 0 radical (unpaired) electrons. The summed E-state index contributed by atoms with van der Waals surface area (Å²) in [4.78, 5) is -1.21. The molecule has 0 bridgehead atoms. The summed E-state index contributed by atoms with van der Waals surface area (Å²) in [7, 11) is -3.59. The average molecular weight is 389 g/mol. The Labute approximate surface area is 137 Å². The van der Waals surface area contributed by atoms with E-state index in [1.54, 1.807) is 4.72 Å². The van der Waals surface area contributed by atoms with Gasteiger partial charge in [-0.1, -0.05) is 6.07 Å². The highest BCUT2D eigenvalue weighted by atomic mass is 32.2. The Morgan fingerprint density at radius 2 is 1.92 bits per heavy atom. The SMILES string of the molecule is Cn1cc(NS(=O)(=O)c2cccc(OC(F)(F)F)c2F)c(C(F)F)n1. The molecule has 0 aliphatic rings. The number of hydrogen-bond acceptors (Lipinski definition) is 4. The van der Waals surface area contributed by atoms with Gasteiger partial charge in [-0.3, -0.25) is 9.40 Å². The van der Waals surface area contributed by atoms with Crippen LogP contribution in [0.25, 0.3) is 0 Å². The largest absolute Gasteiger partial charge is 0.573 e. The lowest BCUT2D eigenvalue weighted by molar-refractivity contribution is -0.275. The van der Waals surface area contributed by atoms with Crippen molar-refractivity contribution >= 4 is 15.7 Å². The van der Waals surface area contributed by atoms with Crippen molar-refractivity contribution in [1.82, 2.24) is 9.78 Å². The molecule has 2 rings (SSSR count). The van der Waals surface area contributed by atoms with Crippen LogP contribution in [0.5, 0.6) is 5.75 Å². The second-order valence-corrected chi connectivity index (χ2v) is 6.27. The number of ether oxygens (including phenoxy) is 1. The summed E-state index contributed by atoms with van der Waals surface area (Å²) in [5, 5.41) is 3.35. The normalized spacial score (nSPS) is 12.5. The predicted molar refractivity (Wildman–Crippen MR) is 72.1 cm³/mol. The lowest BCUT2D eigenvalue weighted by atomic mass is 10.3. The molecule has 25 heavy (non-hydrogen) atoms. The van der Waals surface area contributed by atoms with Gasteiger partial charge in [-0.05, 0) is 12.1 Å². The maximum absolute atomic E-state index is 14.1. The zero-order valence-electron chi connectivity index (χ0n) is 12.2. The van der Waals surface area contributed by atoms with Gasteiger partial charge >= 0.3 is 6.36 Å². The Balaban J connectivity index is 2.43. The van der Waals surface area contributed by atoms with Crippen LogP contribution in [0.4, 0.5) is 32.0 Å². The molecule has 6 nitrogen and oxygen atoms in total. The number of alkyl halides is 5. The zero-order valence-corrected chi connectivity index (χ0v) is 13.0. The molecule has 2 aromatic rings. The molecule has 0 amide bonds. The van der Waals surface area contributed by atoms with Gasteiger partial charge in [0.15, 0.2) is 17.3 Å². The van der Waals surface area contributed by atoms with Crippen LogP contribution in [0.15, 0.2) is 29.3 Å². The van der Waals surface area contributed by atoms with E-state index in [1.165, 1.54) is 7.05 Å². The van der Waals surface area contributed by atoms with Crippen molar-refractivity contribution in [2.45, 2.75) is 17.7 Å². The van der Waals surface area contributed by atoms with Crippen LogP contribution >= 0.6 is 0 Å². The maximum atomic E-state index is 14.1. The Morgan fingerprint density at radius 3 is 2.48 bits per heavy atom.